The van der Waals surface area contributed by atoms with Crippen molar-refractivity contribution < 1.29 is 8.42 Å². The summed E-state index contributed by atoms with van der Waals surface area (Å²) in [4.78, 5) is 4.33. The van der Waals surface area contributed by atoms with Crippen molar-refractivity contribution >= 4 is 21.6 Å². The van der Waals surface area contributed by atoms with Crippen molar-refractivity contribution in [2.75, 3.05) is 22.1 Å². The van der Waals surface area contributed by atoms with Crippen LogP contribution in [0.15, 0.2) is 30.5 Å². The Morgan fingerprint density at radius 1 is 1.35 bits per heavy atom. The molecule has 1 fully saturated rings. The average molecular weight is 333 g/mol. The third-order valence-electron chi connectivity index (χ3n) is 3.68. The zero-order valence-electron chi connectivity index (χ0n) is 12.9. The molecule has 2 aromatic rings. The van der Waals surface area contributed by atoms with Crippen LogP contribution in [0.5, 0.6) is 0 Å². The van der Waals surface area contributed by atoms with Gasteiger partial charge in [0.1, 0.15) is 0 Å². The first kappa shape index (κ1) is 15.7. The number of hydrogen-bond donors (Lipinski definition) is 2. The normalized spacial score (nSPS) is 19.4. The van der Waals surface area contributed by atoms with Gasteiger partial charge in [0.05, 0.1) is 17.7 Å². The molecule has 0 aliphatic carbocycles. The number of nitrogens with one attached hydrogen (secondary N) is 2. The van der Waals surface area contributed by atoms with Crippen LogP contribution in [0.1, 0.15) is 17.5 Å². The maximum absolute atomic E-state index is 11.5. The topological polar surface area (TPSA) is 96.9 Å². The quantitative estimate of drug-likeness (QED) is 0.853. The minimum absolute atomic E-state index is 0.122. The Morgan fingerprint density at radius 2 is 2.22 bits per heavy atom. The van der Waals surface area contributed by atoms with E-state index in [1.54, 1.807) is 6.20 Å². The van der Waals surface area contributed by atoms with Gasteiger partial charge in [0.25, 0.3) is 0 Å². The first-order chi connectivity index (χ1) is 11.0. The zero-order chi connectivity index (χ0) is 16.3. The predicted molar refractivity (Wildman–Crippen MR) is 89.0 cm³/mol. The SMILES string of the molecule is Cc1cccc(CNc2cnnc(NC3CCS(=O)(=O)C3)n2)c1. The number of aromatic nitrogens is 3. The molecule has 1 aliphatic heterocycles. The third kappa shape index (κ3) is 4.38. The van der Waals surface area contributed by atoms with Crippen LogP contribution >= 0.6 is 0 Å². The van der Waals surface area contributed by atoms with E-state index in [0.717, 1.165) is 5.56 Å². The summed E-state index contributed by atoms with van der Waals surface area (Å²) in [5.41, 5.74) is 2.36. The van der Waals surface area contributed by atoms with Gasteiger partial charge in [0.2, 0.25) is 5.95 Å². The van der Waals surface area contributed by atoms with Crippen LogP contribution in [0.2, 0.25) is 0 Å². The van der Waals surface area contributed by atoms with Gasteiger partial charge in [0.15, 0.2) is 15.7 Å². The summed E-state index contributed by atoms with van der Waals surface area (Å²) in [7, 11) is -2.93. The summed E-state index contributed by atoms with van der Waals surface area (Å²) in [6, 6.07) is 8.06. The second-order valence-corrected chi connectivity index (χ2v) is 7.98. The number of benzene rings is 1. The van der Waals surface area contributed by atoms with Gasteiger partial charge in [-0.2, -0.15) is 10.1 Å². The van der Waals surface area contributed by atoms with Gasteiger partial charge >= 0.3 is 0 Å². The average Bonchev–Trinajstić information content (AvgIpc) is 2.84. The van der Waals surface area contributed by atoms with Crippen molar-refractivity contribution in [3.8, 4) is 0 Å². The van der Waals surface area contributed by atoms with E-state index in [9.17, 15) is 8.42 Å². The van der Waals surface area contributed by atoms with E-state index in [1.807, 2.05) is 25.1 Å². The number of aryl methyl sites for hydroxylation is 1. The van der Waals surface area contributed by atoms with E-state index >= 15 is 0 Å². The lowest BCUT2D eigenvalue weighted by Gasteiger charge is -2.11. The minimum Gasteiger partial charge on any atom is -0.365 e. The minimum atomic E-state index is -2.93. The highest BCUT2D eigenvalue weighted by atomic mass is 32.2. The van der Waals surface area contributed by atoms with Gasteiger partial charge in [-0.3, -0.25) is 0 Å². The highest BCUT2D eigenvalue weighted by molar-refractivity contribution is 7.91. The molecule has 0 spiro atoms. The number of anilines is 2. The van der Waals surface area contributed by atoms with E-state index < -0.39 is 9.84 Å². The third-order valence-corrected chi connectivity index (χ3v) is 5.45. The second-order valence-electron chi connectivity index (χ2n) is 5.75. The highest BCUT2D eigenvalue weighted by Crippen LogP contribution is 2.15. The largest absolute Gasteiger partial charge is 0.365 e. The van der Waals surface area contributed by atoms with Gasteiger partial charge in [0, 0.05) is 12.6 Å². The van der Waals surface area contributed by atoms with E-state index in [-0.39, 0.29) is 17.5 Å². The van der Waals surface area contributed by atoms with Crippen molar-refractivity contribution in [1.29, 1.82) is 0 Å². The number of nitrogens with zero attached hydrogens (tertiary/aromatic N) is 3. The number of sulfone groups is 1. The fourth-order valence-electron chi connectivity index (χ4n) is 2.56. The molecule has 1 atom stereocenters. The number of hydrogen-bond acceptors (Lipinski definition) is 7. The van der Waals surface area contributed by atoms with E-state index in [1.165, 1.54) is 5.56 Å². The second kappa shape index (κ2) is 6.49. The predicted octanol–water partition coefficient (Wildman–Crippen LogP) is 1.39. The lowest BCUT2D eigenvalue weighted by Crippen LogP contribution is -2.22. The standard InChI is InChI=1S/C15H19N5O2S/c1-11-3-2-4-12(7-11)8-16-14-9-17-20-15(19-14)18-13-5-6-23(21,22)10-13/h2-4,7,9,13H,5-6,8,10H2,1H3,(H2,16,18,19,20). The molecule has 3 rings (SSSR count). The molecular weight excluding hydrogens is 314 g/mol. The molecule has 1 aromatic heterocycles. The summed E-state index contributed by atoms with van der Waals surface area (Å²) in [5.74, 6) is 1.28. The van der Waals surface area contributed by atoms with Crippen LogP contribution in [0.25, 0.3) is 0 Å². The molecule has 0 amide bonds. The fraction of sp³-hybridized carbons (Fsp3) is 0.400. The molecule has 122 valence electrons. The molecule has 2 heterocycles. The molecule has 23 heavy (non-hydrogen) atoms. The molecule has 1 unspecified atom stereocenters. The maximum Gasteiger partial charge on any atom is 0.244 e. The zero-order valence-corrected chi connectivity index (χ0v) is 13.7. The number of rotatable bonds is 5. The summed E-state index contributed by atoms with van der Waals surface area (Å²) in [6.45, 7) is 2.69. The highest BCUT2D eigenvalue weighted by Gasteiger charge is 2.28. The lowest BCUT2D eigenvalue weighted by atomic mass is 10.1. The maximum atomic E-state index is 11.5. The summed E-state index contributed by atoms with van der Waals surface area (Å²) in [5, 5.41) is 14.1. The molecule has 1 aliphatic rings. The Labute approximate surface area is 135 Å². The van der Waals surface area contributed by atoms with Crippen LogP contribution in [0.4, 0.5) is 11.8 Å². The van der Waals surface area contributed by atoms with E-state index in [0.29, 0.717) is 24.7 Å². The van der Waals surface area contributed by atoms with Crippen LogP contribution in [0.3, 0.4) is 0 Å². The Kier molecular flexibility index (Phi) is 4.42. The molecule has 1 aromatic carbocycles. The van der Waals surface area contributed by atoms with Gasteiger partial charge in [-0.15, -0.1) is 5.10 Å². The lowest BCUT2D eigenvalue weighted by molar-refractivity contribution is 0.602. The van der Waals surface area contributed by atoms with E-state index in [4.69, 9.17) is 0 Å². The van der Waals surface area contributed by atoms with Gasteiger partial charge in [-0.05, 0) is 18.9 Å². The summed E-state index contributed by atoms with van der Waals surface area (Å²) < 4.78 is 23.0. The van der Waals surface area contributed by atoms with Crippen molar-refractivity contribution in [2.45, 2.75) is 25.9 Å². The van der Waals surface area contributed by atoms with Gasteiger partial charge in [-0.1, -0.05) is 29.8 Å². The smallest absolute Gasteiger partial charge is 0.244 e. The van der Waals surface area contributed by atoms with Crippen molar-refractivity contribution in [1.82, 2.24) is 15.2 Å². The van der Waals surface area contributed by atoms with E-state index in [2.05, 4.69) is 31.9 Å². The summed E-state index contributed by atoms with van der Waals surface area (Å²) >= 11 is 0. The monoisotopic (exact) mass is 333 g/mol. The molecule has 8 heteroatoms. The van der Waals surface area contributed by atoms with Crippen molar-refractivity contribution in [3.05, 3.63) is 41.6 Å². The molecular formula is C15H19N5O2S. The van der Waals surface area contributed by atoms with Crippen molar-refractivity contribution in [2.24, 2.45) is 0 Å². The molecule has 0 saturated carbocycles. The Bertz CT molecular complexity index is 794. The molecule has 0 radical (unpaired) electrons. The first-order valence-corrected chi connectivity index (χ1v) is 9.28. The Morgan fingerprint density at radius 3 is 2.96 bits per heavy atom. The van der Waals surface area contributed by atoms with Crippen LogP contribution in [-0.2, 0) is 16.4 Å². The van der Waals surface area contributed by atoms with Crippen molar-refractivity contribution in [3.63, 3.8) is 0 Å². The Hall–Kier alpha value is -2.22. The molecule has 0 bridgehead atoms. The van der Waals surface area contributed by atoms with Crippen LogP contribution < -0.4 is 10.6 Å². The van der Waals surface area contributed by atoms with Gasteiger partial charge < -0.3 is 10.6 Å². The molecule has 7 nitrogen and oxygen atoms in total. The fourth-order valence-corrected chi connectivity index (χ4v) is 4.23. The molecule has 2 N–H and O–H groups in total. The summed E-state index contributed by atoms with van der Waals surface area (Å²) in [6.07, 6.45) is 2.12. The van der Waals surface area contributed by atoms with Gasteiger partial charge in [-0.25, -0.2) is 8.42 Å². The Balaban J connectivity index is 1.61. The molecule has 1 saturated heterocycles. The van der Waals surface area contributed by atoms with Crippen LogP contribution in [0, 0.1) is 6.92 Å². The van der Waals surface area contributed by atoms with Crippen LogP contribution in [-0.4, -0.2) is 41.1 Å². The first-order valence-electron chi connectivity index (χ1n) is 7.46.